The van der Waals surface area contributed by atoms with Crippen molar-refractivity contribution >= 4 is 16.0 Å². The van der Waals surface area contributed by atoms with Gasteiger partial charge in [-0.15, -0.1) is 0 Å². The monoisotopic (exact) mass is 315 g/mol. The highest BCUT2D eigenvalue weighted by Gasteiger charge is 2.23. The summed E-state index contributed by atoms with van der Waals surface area (Å²) in [5, 5.41) is 9.60. The third kappa shape index (κ3) is 4.18. The van der Waals surface area contributed by atoms with Crippen LogP contribution in [0.15, 0.2) is 23.1 Å². The van der Waals surface area contributed by atoms with Crippen molar-refractivity contribution in [1.82, 2.24) is 4.72 Å². The second kappa shape index (κ2) is 6.91. The fourth-order valence-corrected chi connectivity index (χ4v) is 3.41. The molecule has 6 nitrogen and oxygen atoms in total. The Morgan fingerprint density at radius 1 is 1.38 bits per heavy atom. The number of hydrogen-bond acceptors (Lipinski definition) is 5. The van der Waals surface area contributed by atoms with E-state index in [1.54, 1.807) is 0 Å². The van der Waals surface area contributed by atoms with Crippen LogP contribution in [-0.2, 0) is 14.8 Å². The summed E-state index contributed by atoms with van der Waals surface area (Å²) < 4.78 is 31.8. The second-order valence-corrected chi connectivity index (χ2v) is 6.76. The fraction of sp³-hybridized carbons (Fsp3) is 0.500. The van der Waals surface area contributed by atoms with Gasteiger partial charge in [-0.05, 0) is 30.5 Å². The lowest BCUT2D eigenvalue weighted by molar-refractivity contribution is 0.0597. The number of carbonyl (C=O) groups is 1. The van der Waals surface area contributed by atoms with Gasteiger partial charge in [0.25, 0.3) is 0 Å². The number of ether oxygens (including phenoxy) is 1. The van der Waals surface area contributed by atoms with Gasteiger partial charge in [-0.25, -0.2) is 17.9 Å². The van der Waals surface area contributed by atoms with Gasteiger partial charge in [0.1, 0.15) is 11.3 Å². The molecule has 0 aliphatic rings. The molecule has 118 valence electrons. The number of benzene rings is 1. The van der Waals surface area contributed by atoms with Crippen molar-refractivity contribution in [2.24, 2.45) is 5.92 Å². The number of phenolic OH excluding ortho intramolecular Hbond substituents is 1. The Hall–Kier alpha value is -1.60. The number of methoxy groups -OCH3 is 1. The standard InChI is InChI=1S/C14H21NO5S/c1-5-12(9(2)3)15-21(18,19)10-6-7-13(16)11(8-10)14(17)20-4/h6-9,12,15-16H,5H2,1-4H3. The maximum Gasteiger partial charge on any atom is 0.341 e. The molecule has 0 saturated carbocycles. The van der Waals surface area contributed by atoms with Crippen molar-refractivity contribution in [2.75, 3.05) is 7.11 Å². The van der Waals surface area contributed by atoms with E-state index >= 15 is 0 Å². The molecule has 1 aromatic rings. The predicted octanol–water partition coefficient (Wildman–Crippen LogP) is 1.89. The van der Waals surface area contributed by atoms with E-state index in [2.05, 4.69) is 9.46 Å². The molecule has 0 aliphatic carbocycles. The minimum absolute atomic E-state index is 0.0835. The SMILES string of the molecule is CCC(NS(=O)(=O)c1ccc(O)c(C(=O)OC)c1)C(C)C. The van der Waals surface area contributed by atoms with E-state index in [4.69, 9.17) is 0 Å². The van der Waals surface area contributed by atoms with Crippen molar-refractivity contribution in [3.8, 4) is 5.75 Å². The molecule has 1 aromatic carbocycles. The normalized spacial score (nSPS) is 13.2. The molecule has 0 saturated heterocycles. The molecular weight excluding hydrogens is 294 g/mol. The van der Waals surface area contributed by atoms with Crippen LogP contribution in [-0.4, -0.2) is 32.6 Å². The number of phenols is 1. The van der Waals surface area contributed by atoms with Crippen LogP contribution in [0.5, 0.6) is 5.75 Å². The number of esters is 1. The highest BCUT2D eigenvalue weighted by Crippen LogP contribution is 2.22. The van der Waals surface area contributed by atoms with E-state index in [1.807, 2.05) is 20.8 Å². The highest BCUT2D eigenvalue weighted by atomic mass is 32.2. The van der Waals surface area contributed by atoms with Gasteiger partial charge in [0.15, 0.2) is 0 Å². The van der Waals surface area contributed by atoms with Crippen LogP contribution in [0.3, 0.4) is 0 Å². The lowest BCUT2D eigenvalue weighted by Gasteiger charge is -2.20. The van der Waals surface area contributed by atoms with Crippen molar-refractivity contribution < 1.29 is 23.1 Å². The summed E-state index contributed by atoms with van der Waals surface area (Å²) >= 11 is 0. The molecular formula is C14H21NO5S. The Balaban J connectivity index is 3.17. The van der Waals surface area contributed by atoms with Crippen LogP contribution in [0, 0.1) is 5.92 Å². The van der Waals surface area contributed by atoms with E-state index < -0.39 is 16.0 Å². The molecule has 0 fully saturated rings. The summed E-state index contributed by atoms with van der Waals surface area (Å²) in [6.07, 6.45) is 0.652. The quantitative estimate of drug-likeness (QED) is 0.782. The molecule has 0 aromatic heterocycles. The number of hydrogen-bond donors (Lipinski definition) is 2. The molecule has 21 heavy (non-hydrogen) atoms. The molecule has 1 rings (SSSR count). The number of nitrogens with one attached hydrogen (secondary N) is 1. The van der Waals surface area contributed by atoms with Gasteiger partial charge >= 0.3 is 5.97 Å². The average molecular weight is 315 g/mol. The molecule has 0 heterocycles. The molecule has 1 atom stereocenters. The van der Waals surface area contributed by atoms with Crippen LogP contribution >= 0.6 is 0 Å². The minimum Gasteiger partial charge on any atom is -0.507 e. The fourth-order valence-electron chi connectivity index (χ4n) is 1.91. The minimum atomic E-state index is -3.77. The summed E-state index contributed by atoms with van der Waals surface area (Å²) in [6, 6.07) is 3.32. The Labute approximate surface area is 125 Å². The van der Waals surface area contributed by atoms with Crippen LogP contribution in [0.25, 0.3) is 0 Å². The Morgan fingerprint density at radius 2 is 2.00 bits per heavy atom. The van der Waals surface area contributed by atoms with Crippen molar-refractivity contribution in [1.29, 1.82) is 0 Å². The molecule has 0 spiro atoms. The number of rotatable bonds is 6. The van der Waals surface area contributed by atoms with Gasteiger partial charge in [-0.1, -0.05) is 20.8 Å². The van der Waals surface area contributed by atoms with Gasteiger partial charge in [-0.3, -0.25) is 0 Å². The lowest BCUT2D eigenvalue weighted by atomic mass is 10.0. The Bertz CT molecular complexity index is 610. The highest BCUT2D eigenvalue weighted by molar-refractivity contribution is 7.89. The average Bonchev–Trinajstić information content (AvgIpc) is 2.43. The first-order valence-corrected chi connectivity index (χ1v) is 8.14. The van der Waals surface area contributed by atoms with Gasteiger partial charge in [-0.2, -0.15) is 0 Å². The molecule has 1 unspecified atom stereocenters. The van der Waals surface area contributed by atoms with Crippen molar-refractivity contribution in [3.63, 3.8) is 0 Å². The van der Waals surface area contributed by atoms with Gasteiger partial charge in [0, 0.05) is 6.04 Å². The molecule has 7 heteroatoms. The van der Waals surface area contributed by atoms with Crippen LogP contribution < -0.4 is 4.72 Å². The number of carbonyl (C=O) groups excluding carboxylic acids is 1. The van der Waals surface area contributed by atoms with Crippen LogP contribution in [0.2, 0.25) is 0 Å². The molecule has 0 amide bonds. The lowest BCUT2D eigenvalue weighted by Crippen LogP contribution is -2.38. The zero-order valence-electron chi connectivity index (χ0n) is 12.6. The van der Waals surface area contributed by atoms with E-state index in [1.165, 1.54) is 6.07 Å². The number of aromatic hydroxyl groups is 1. The van der Waals surface area contributed by atoms with Gasteiger partial charge < -0.3 is 9.84 Å². The summed E-state index contributed by atoms with van der Waals surface area (Å²) in [4.78, 5) is 11.4. The van der Waals surface area contributed by atoms with Crippen molar-refractivity contribution in [2.45, 2.75) is 38.1 Å². The van der Waals surface area contributed by atoms with E-state index in [9.17, 15) is 18.3 Å². The first kappa shape index (κ1) is 17.5. The Morgan fingerprint density at radius 3 is 2.48 bits per heavy atom. The summed E-state index contributed by atoms with van der Waals surface area (Å²) in [5.74, 6) is -0.973. The van der Waals surface area contributed by atoms with Crippen LogP contribution in [0.1, 0.15) is 37.6 Å². The zero-order chi connectivity index (χ0) is 16.2. The predicted molar refractivity (Wildman–Crippen MR) is 78.7 cm³/mol. The first-order valence-electron chi connectivity index (χ1n) is 6.66. The first-order chi connectivity index (χ1) is 9.72. The van der Waals surface area contributed by atoms with Crippen LogP contribution in [0.4, 0.5) is 0 Å². The largest absolute Gasteiger partial charge is 0.507 e. The topological polar surface area (TPSA) is 92.7 Å². The summed E-state index contributed by atoms with van der Waals surface area (Å²) in [7, 11) is -2.61. The van der Waals surface area contributed by atoms with Gasteiger partial charge in [0.05, 0.1) is 12.0 Å². The Kier molecular flexibility index (Phi) is 5.74. The van der Waals surface area contributed by atoms with Crippen molar-refractivity contribution in [3.05, 3.63) is 23.8 Å². The summed E-state index contributed by atoms with van der Waals surface area (Å²) in [5.41, 5.74) is -0.182. The molecule has 0 aliphatic heterocycles. The van der Waals surface area contributed by atoms with E-state index in [0.29, 0.717) is 6.42 Å². The maximum absolute atomic E-state index is 12.3. The maximum atomic E-state index is 12.3. The van der Waals surface area contributed by atoms with Gasteiger partial charge in [0.2, 0.25) is 10.0 Å². The second-order valence-electron chi connectivity index (χ2n) is 5.05. The third-order valence-electron chi connectivity index (χ3n) is 3.23. The summed E-state index contributed by atoms with van der Waals surface area (Å²) in [6.45, 7) is 5.74. The van der Waals surface area contributed by atoms with E-state index in [-0.39, 0.29) is 28.2 Å². The molecule has 0 bridgehead atoms. The smallest absolute Gasteiger partial charge is 0.341 e. The zero-order valence-corrected chi connectivity index (χ0v) is 13.4. The van der Waals surface area contributed by atoms with E-state index in [0.717, 1.165) is 19.2 Å². The third-order valence-corrected chi connectivity index (χ3v) is 4.72. The molecule has 0 radical (unpaired) electrons. The molecule has 2 N–H and O–H groups in total. The number of sulfonamides is 1.